The van der Waals surface area contributed by atoms with E-state index in [4.69, 9.17) is 0 Å². The topological polar surface area (TPSA) is 20.3 Å². The van der Waals surface area contributed by atoms with E-state index in [0.29, 0.717) is 5.92 Å². The number of nitrogens with zero attached hydrogens (tertiary/aromatic N) is 1. The summed E-state index contributed by atoms with van der Waals surface area (Å²) in [4.78, 5) is 13.3. The molecule has 1 aliphatic rings. The standard InChI is InChI=1S/C14H17NO/c1-2-14(16)15-9-8-13(11-15)10-12-6-4-3-5-7-12/h2-7,13H,1,8-11H2. The maximum atomic E-state index is 11.4. The fourth-order valence-corrected chi connectivity index (χ4v) is 2.28. The van der Waals surface area contributed by atoms with Crippen molar-refractivity contribution in [2.75, 3.05) is 13.1 Å². The van der Waals surface area contributed by atoms with E-state index in [9.17, 15) is 4.79 Å². The minimum absolute atomic E-state index is 0.0653. The smallest absolute Gasteiger partial charge is 0.245 e. The molecule has 1 saturated heterocycles. The molecule has 1 aromatic carbocycles. The van der Waals surface area contributed by atoms with Crippen molar-refractivity contribution >= 4 is 5.91 Å². The zero-order valence-corrected chi connectivity index (χ0v) is 9.43. The molecule has 0 N–H and O–H groups in total. The highest BCUT2D eigenvalue weighted by molar-refractivity contribution is 5.87. The van der Waals surface area contributed by atoms with Crippen LogP contribution in [0.4, 0.5) is 0 Å². The van der Waals surface area contributed by atoms with Crippen molar-refractivity contribution in [1.82, 2.24) is 4.90 Å². The van der Waals surface area contributed by atoms with Gasteiger partial charge in [-0.25, -0.2) is 0 Å². The molecule has 1 heterocycles. The number of benzene rings is 1. The molecule has 2 nitrogen and oxygen atoms in total. The van der Waals surface area contributed by atoms with Crippen LogP contribution in [0.3, 0.4) is 0 Å². The van der Waals surface area contributed by atoms with Gasteiger partial charge in [-0.3, -0.25) is 4.79 Å². The van der Waals surface area contributed by atoms with Gasteiger partial charge in [-0.1, -0.05) is 36.9 Å². The lowest BCUT2D eigenvalue weighted by atomic mass is 9.99. The van der Waals surface area contributed by atoms with E-state index < -0.39 is 0 Å². The van der Waals surface area contributed by atoms with Gasteiger partial charge in [-0.2, -0.15) is 0 Å². The molecule has 1 fully saturated rings. The number of rotatable bonds is 3. The average molecular weight is 215 g/mol. The molecule has 0 saturated carbocycles. The summed E-state index contributed by atoms with van der Waals surface area (Å²) in [5.41, 5.74) is 1.36. The molecule has 0 aromatic heterocycles. The highest BCUT2D eigenvalue weighted by Crippen LogP contribution is 2.20. The maximum Gasteiger partial charge on any atom is 0.245 e. The fourth-order valence-electron chi connectivity index (χ4n) is 2.28. The van der Waals surface area contributed by atoms with Crippen molar-refractivity contribution in [2.24, 2.45) is 5.92 Å². The van der Waals surface area contributed by atoms with Crippen molar-refractivity contribution in [2.45, 2.75) is 12.8 Å². The van der Waals surface area contributed by atoms with Crippen LogP contribution in [0.2, 0.25) is 0 Å². The monoisotopic (exact) mass is 215 g/mol. The van der Waals surface area contributed by atoms with Gasteiger partial charge in [0, 0.05) is 13.1 Å². The first-order valence-corrected chi connectivity index (χ1v) is 5.75. The molecule has 1 amide bonds. The summed E-state index contributed by atoms with van der Waals surface area (Å²) >= 11 is 0. The number of amides is 1. The highest BCUT2D eigenvalue weighted by Gasteiger charge is 2.24. The Labute approximate surface area is 96.6 Å². The first-order chi connectivity index (χ1) is 7.79. The zero-order chi connectivity index (χ0) is 11.4. The first-order valence-electron chi connectivity index (χ1n) is 5.75. The van der Waals surface area contributed by atoms with E-state index in [0.717, 1.165) is 25.9 Å². The average Bonchev–Trinajstić information content (AvgIpc) is 2.78. The van der Waals surface area contributed by atoms with Crippen LogP contribution in [0, 0.1) is 5.92 Å². The molecule has 0 bridgehead atoms. The van der Waals surface area contributed by atoms with Crippen molar-refractivity contribution in [3.05, 3.63) is 48.6 Å². The molecule has 0 radical (unpaired) electrons. The predicted octanol–water partition coefficient (Wildman–Crippen LogP) is 2.26. The van der Waals surface area contributed by atoms with Crippen molar-refractivity contribution < 1.29 is 4.79 Å². The van der Waals surface area contributed by atoms with Gasteiger partial charge in [-0.15, -0.1) is 0 Å². The van der Waals surface area contributed by atoms with Crippen LogP contribution in [-0.2, 0) is 11.2 Å². The maximum absolute atomic E-state index is 11.4. The van der Waals surface area contributed by atoms with Crippen LogP contribution in [0.25, 0.3) is 0 Å². The Bertz CT molecular complexity index is 372. The second kappa shape index (κ2) is 4.97. The van der Waals surface area contributed by atoms with Crippen LogP contribution in [0.15, 0.2) is 43.0 Å². The third-order valence-electron chi connectivity index (χ3n) is 3.14. The zero-order valence-electron chi connectivity index (χ0n) is 9.43. The van der Waals surface area contributed by atoms with E-state index in [2.05, 4.69) is 30.8 Å². The van der Waals surface area contributed by atoms with Crippen LogP contribution in [0.5, 0.6) is 0 Å². The van der Waals surface area contributed by atoms with Crippen molar-refractivity contribution in [3.8, 4) is 0 Å². The Balaban J connectivity index is 1.90. The minimum Gasteiger partial charge on any atom is -0.339 e. The van der Waals surface area contributed by atoms with Gasteiger partial charge in [0.25, 0.3) is 0 Å². The van der Waals surface area contributed by atoms with Crippen molar-refractivity contribution in [1.29, 1.82) is 0 Å². The molecule has 1 atom stereocenters. The second-order valence-electron chi connectivity index (χ2n) is 4.33. The third-order valence-corrected chi connectivity index (χ3v) is 3.14. The van der Waals surface area contributed by atoms with Crippen LogP contribution < -0.4 is 0 Å². The number of carbonyl (C=O) groups excluding carboxylic acids is 1. The summed E-state index contributed by atoms with van der Waals surface area (Å²) in [5.74, 6) is 0.668. The lowest BCUT2D eigenvalue weighted by Crippen LogP contribution is -2.26. The highest BCUT2D eigenvalue weighted by atomic mass is 16.2. The Morgan fingerprint density at radius 1 is 1.44 bits per heavy atom. The Morgan fingerprint density at radius 3 is 2.88 bits per heavy atom. The number of likely N-dealkylation sites (tertiary alicyclic amines) is 1. The molecule has 0 spiro atoms. The Morgan fingerprint density at radius 2 is 2.19 bits per heavy atom. The molecule has 2 rings (SSSR count). The Hall–Kier alpha value is -1.57. The van der Waals surface area contributed by atoms with E-state index in [1.54, 1.807) is 0 Å². The fraction of sp³-hybridized carbons (Fsp3) is 0.357. The lowest BCUT2D eigenvalue weighted by molar-refractivity contribution is -0.125. The van der Waals surface area contributed by atoms with Gasteiger partial charge in [0.15, 0.2) is 0 Å². The summed E-state index contributed by atoms with van der Waals surface area (Å²) in [5, 5.41) is 0. The van der Waals surface area contributed by atoms with E-state index in [-0.39, 0.29) is 5.91 Å². The normalized spacial score (nSPS) is 19.8. The summed E-state index contributed by atoms with van der Waals surface area (Å²) in [6, 6.07) is 10.5. The van der Waals surface area contributed by atoms with E-state index >= 15 is 0 Å². The van der Waals surface area contributed by atoms with Crippen LogP contribution in [0.1, 0.15) is 12.0 Å². The van der Waals surface area contributed by atoms with Gasteiger partial charge >= 0.3 is 0 Å². The minimum atomic E-state index is 0.0653. The SMILES string of the molecule is C=CC(=O)N1CCC(Cc2ccccc2)C1. The summed E-state index contributed by atoms with van der Waals surface area (Å²) < 4.78 is 0. The molecule has 1 aliphatic heterocycles. The summed E-state index contributed by atoms with van der Waals surface area (Å²) in [7, 11) is 0. The summed E-state index contributed by atoms with van der Waals surface area (Å²) in [6.07, 6.45) is 3.58. The number of hydrogen-bond acceptors (Lipinski definition) is 1. The molecule has 1 aromatic rings. The van der Waals surface area contributed by atoms with Crippen LogP contribution in [-0.4, -0.2) is 23.9 Å². The van der Waals surface area contributed by atoms with Gasteiger partial charge in [0.1, 0.15) is 0 Å². The van der Waals surface area contributed by atoms with Gasteiger partial charge in [0.2, 0.25) is 5.91 Å². The predicted molar refractivity (Wildman–Crippen MR) is 65.0 cm³/mol. The quantitative estimate of drug-likeness (QED) is 0.708. The first kappa shape index (κ1) is 10.9. The molecule has 84 valence electrons. The van der Waals surface area contributed by atoms with E-state index in [1.807, 2.05) is 11.0 Å². The second-order valence-corrected chi connectivity index (χ2v) is 4.33. The third kappa shape index (κ3) is 2.51. The molecule has 1 unspecified atom stereocenters. The van der Waals surface area contributed by atoms with Gasteiger partial charge in [-0.05, 0) is 30.4 Å². The molecular formula is C14H17NO. The van der Waals surface area contributed by atoms with E-state index in [1.165, 1.54) is 11.6 Å². The van der Waals surface area contributed by atoms with Crippen LogP contribution >= 0.6 is 0 Å². The number of hydrogen-bond donors (Lipinski definition) is 0. The largest absolute Gasteiger partial charge is 0.339 e. The number of carbonyl (C=O) groups is 1. The summed E-state index contributed by atoms with van der Waals surface area (Å²) in [6.45, 7) is 5.28. The van der Waals surface area contributed by atoms with Gasteiger partial charge in [0.05, 0.1) is 0 Å². The lowest BCUT2D eigenvalue weighted by Gasteiger charge is -2.14. The molecule has 0 aliphatic carbocycles. The van der Waals surface area contributed by atoms with Crippen molar-refractivity contribution in [3.63, 3.8) is 0 Å². The van der Waals surface area contributed by atoms with Gasteiger partial charge < -0.3 is 4.90 Å². The molecular weight excluding hydrogens is 198 g/mol. The molecule has 2 heteroatoms. The molecule has 16 heavy (non-hydrogen) atoms. The Kier molecular flexibility index (Phi) is 3.40.